The second-order valence-electron chi connectivity index (χ2n) is 10.7. The van der Waals surface area contributed by atoms with Gasteiger partial charge in [0.1, 0.15) is 23.5 Å². The highest BCUT2D eigenvalue weighted by Crippen LogP contribution is 2.38. The SMILES string of the molecule is CN(CC1=C(c2ccc(F)cc2)S(=O)(=O)NC1(C)C)C(=O)[C@@H](COCc1c(F)cccc1F)NC(=O)C(C)(C)N. The number of halogens is 3. The summed E-state index contributed by atoms with van der Waals surface area (Å²) in [4.78, 5) is 27.3. The minimum Gasteiger partial charge on any atom is -0.374 e. The predicted molar refractivity (Wildman–Crippen MR) is 143 cm³/mol. The van der Waals surface area contributed by atoms with E-state index in [2.05, 4.69) is 10.0 Å². The van der Waals surface area contributed by atoms with Crippen LogP contribution in [0.1, 0.15) is 38.8 Å². The molecule has 40 heavy (non-hydrogen) atoms. The maximum atomic E-state index is 14.0. The molecular formula is C27H33F3N4O5S. The standard InChI is InChI=1S/C27H33F3N4O5S/c1-26(2,31)25(36)32-22(15-39-14-18-20(29)7-6-8-21(18)30)24(35)34(5)13-19-23(16-9-11-17(28)12-10-16)40(37,38)33-27(19,3)4/h6-12,22,33H,13-15,31H2,1-5H3,(H,32,36)/t22-/m1/s1. The number of carbonyl (C=O) groups excluding carboxylic acids is 2. The molecule has 2 aromatic rings. The highest BCUT2D eigenvalue weighted by Gasteiger charge is 2.44. The van der Waals surface area contributed by atoms with Gasteiger partial charge < -0.3 is 20.7 Å². The minimum atomic E-state index is -4.01. The molecule has 0 saturated carbocycles. The molecule has 2 amide bonds. The number of rotatable bonds is 10. The van der Waals surface area contributed by atoms with Crippen LogP contribution >= 0.6 is 0 Å². The van der Waals surface area contributed by atoms with Crippen LogP contribution in [-0.2, 0) is 31.0 Å². The Balaban J connectivity index is 1.89. The Hall–Kier alpha value is -3.26. The monoisotopic (exact) mass is 582 g/mol. The fourth-order valence-corrected chi connectivity index (χ4v) is 6.13. The molecule has 3 rings (SSSR count). The van der Waals surface area contributed by atoms with Crippen molar-refractivity contribution in [2.24, 2.45) is 5.73 Å². The van der Waals surface area contributed by atoms with E-state index < -0.39 is 69.6 Å². The molecule has 0 aliphatic carbocycles. The van der Waals surface area contributed by atoms with Crippen molar-refractivity contribution in [2.45, 2.75) is 51.4 Å². The third-order valence-corrected chi connectivity index (χ3v) is 8.14. The van der Waals surface area contributed by atoms with Gasteiger partial charge in [-0.3, -0.25) is 9.59 Å². The first-order chi connectivity index (χ1) is 18.4. The number of nitrogens with two attached hydrogens (primary N) is 1. The first-order valence-electron chi connectivity index (χ1n) is 12.3. The number of carbonyl (C=O) groups is 2. The summed E-state index contributed by atoms with van der Waals surface area (Å²) in [6, 6.07) is 6.93. The number of benzene rings is 2. The van der Waals surface area contributed by atoms with E-state index in [0.29, 0.717) is 5.57 Å². The van der Waals surface area contributed by atoms with E-state index in [9.17, 15) is 31.2 Å². The van der Waals surface area contributed by atoms with Crippen LogP contribution in [0.5, 0.6) is 0 Å². The Morgan fingerprint density at radius 1 is 1.10 bits per heavy atom. The van der Waals surface area contributed by atoms with Crippen molar-refractivity contribution >= 4 is 26.7 Å². The number of nitrogens with zero attached hydrogens (tertiary/aromatic N) is 1. The molecule has 0 fully saturated rings. The lowest BCUT2D eigenvalue weighted by molar-refractivity contribution is -0.138. The van der Waals surface area contributed by atoms with Crippen molar-refractivity contribution in [3.8, 4) is 0 Å². The molecule has 0 saturated heterocycles. The summed E-state index contributed by atoms with van der Waals surface area (Å²) in [5.41, 5.74) is 3.62. The van der Waals surface area contributed by atoms with E-state index in [1.54, 1.807) is 13.8 Å². The Bertz CT molecular complexity index is 1400. The zero-order valence-corrected chi connectivity index (χ0v) is 23.7. The summed E-state index contributed by atoms with van der Waals surface area (Å²) in [6.07, 6.45) is 0. The average Bonchev–Trinajstić information content (AvgIpc) is 3.02. The highest BCUT2D eigenvalue weighted by atomic mass is 32.2. The summed E-state index contributed by atoms with van der Waals surface area (Å²) in [7, 11) is -2.60. The third-order valence-electron chi connectivity index (χ3n) is 6.35. The maximum Gasteiger partial charge on any atom is 0.247 e. The number of ether oxygens (including phenoxy) is 1. The topological polar surface area (TPSA) is 131 Å². The molecule has 1 atom stereocenters. The quantitative estimate of drug-likeness (QED) is 0.395. The fraction of sp³-hybridized carbons (Fsp3) is 0.407. The summed E-state index contributed by atoms with van der Waals surface area (Å²) in [6.45, 7) is 4.95. The van der Waals surface area contributed by atoms with Gasteiger partial charge in [-0.25, -0.2) is 26.3 Å². The number of likely N-dealkylation sites (N-methyl/N-ethyl adjacent to an activating group) is 1. The van der Waals surface area contributed by atoms with E-state index in [4.69, 9.17) is 10.5 Å². The highest BCUT2D eigenvalue weighted by molar-refractivity contribution is 7.99. The largest absolute Gasteiger partial charge is 0.374 e. The van der Waals surface area contributed by atoms with Crippen LogP contribution in [0, 0.1) is 17.5 Å². The lowest BCUT2D eigenvalue weighted by atomic mass is 9.92. The first-order valence-corrected chi connectivity index (χ1v) is 13.8. The van der Waals surface area contributed by atoms with Crippen molar-refractivity contribution in [1.29, 1.82) is 0 Å². The van der Waals surface area contributed by atoms with Gasteiger partial charge in [0.25, 0.3) is 0 Å². The van der Waals surface area contributed by atoms with Gasteiger partial charge in [0.15, 0.2) is 0 Å². The smallest absolute Gasteiger partial charge is 0.247 e. The van der Waals surface area contributed by atoms with Gasteiger partial charge >= 0.3 is 0 Å². The van der Waals surface area contributed by atoms with Crippen LogP contribution in [0.3, 0.4) is 0 Å². The predicted octanol–water partition coefficient (Wildman–Crippen LogP) is 2.42. The number of sulfonamides is 1. The van der Waals surface area contributed by atoms with Crippen molar-refractivity contribution in [2.75, 3.05) is 20.2 Å². The molecule has 0 spiro atoms. The Kier molecular flexibility index (Phi) is 9.14. The van der Waals surface area contributed by atoms with E-state index in [0.717, 1.165) is 24.3 Å². The second-order valence-corrected chi connectivity index (χ2v) is 12.3. The molecule has 0 radical (unpaired) electrons. The molecule has 0 aromatic heterocycles. The van der Waals surface area contributed by atoms with Gasteiger partial charge in [-0.1, -0.05) is 18.2 Å². The second kappa shape index (κ2) is 11.7. The molecule has 4 N–H and O–H groups in total. The van der Waals surface area contributed by atoms with Crippen LogP contribution < -0.4 is 15.8 Å². The van der Waals surface area contributed by atoms with Gasteiger partial charge in [-0.05, 0) is 63.1 Å². The van der Waals surface area contributed by atoms with Gasteiger partial charge in [-0.2, -0.15) is 0 Å². The Morgan fingerprint density at radius 2 is 1.68 bits per heavy atom. The molecule has 1 aliphatic rings. The van der Waals surface area contributed by atoms with E-state index in [1.165, 1.54) is 44.0 Å². The van der Waals surface area contributed by atoms with Crippen LogP contribution in [0.15, 0.2) is 48.0 Å². The van der Waals surface area contributed by atoms with Gasteiger partial charge in [0, 0.05) is 19.2 Å². The van der Waals surface area contributed by atoms with E-state index in [-0.39, 0.29) is 22.6 Å². The van der Waals surface area contributed by atoms with E-state index >= 15 is 0 Å². The molecule has 9 nitrogen and oxygen atoms in total. The number of hydrogen-bond donors (Lipinski definition) is 3. The van der Waals surface area contributed by atoms with Crippen molar-refractivity contribution in [1.82, 2.24) is 14.9 Å². The van der Waals surface area contributed by atoms with Crippen molar-refractivity contribution < 1.29 is 35.9 Å². The Labute approximate surface area is 231 Å². The lowest BCUT2D eigenvalue weighted by Gasteiger charge is -2.30. The summed E-state index contributed by atoms with van der Waals surface area (Å²) < 4.78 is 75.6. The molecule has 13 heteroatoms. The van der Waals surface area contributed by atoms with Crippen LogP contribution in [0.4, 0.5) is 13.2 Å². The van der Waals surface area contributed by atoms with Gasteiger partial charge in [0.2, 0.25) is 21.8 Å². The van der Waals surface area contributed by atoms with Crippen molar-refractivity contribution in [3.05, 3.63) is 76.6 Å². The van der Waals surface area contributed by atoms with Crippen LogP contribution in [-0.4, -0.2) is 62.5 Å². The minimum absolute atomic E-state index is 0.0906. The number of nitrogens with one attached hydrogen (secondary N) is 2. The molecule has 1 aliphatic heterocycles. The molecule has 0 unspecified atom stereocenters. The summed E-state index contributed by atoms with van der Waals surface area (Å²) >= 11 is 0. The Morgan fingerprint density at radius 3 is 2.23 bits per heavy atom. The number of amides is 2. The maximum absolute atomic E-state index is 14.0. The van der Waals surface area contributed by atoms with E-state index in [1.807, 2.05) is 0 Å². The normalized spacial score (nSPS) is 17.0. The van der Waals surface area contributed by atoms with Crippen LogP contribution in [0.25, 0.3) is 4.91 Å². The number of hydrogen-bond acceptors (Lipinski definition) is 6. The van der Waals surface area contributed by atoms with Gasteiger partial charge in [0.05, 0.1) is 29.2 Å². The molecule has 0 bridgehead atoms. The summed E-state index contributed by atoms with van der Waals surface area (Å²) in [5.74, 6) is -3.55. The average molecular weight is 583 g/mol. The van der Waals surface area contributed by atoms with Crippen molar-refractivity contribution in [3.63, 3.8) is 0 Å². The molecular weight excluding hydrogens is 549 g/mol. The zero-order valence-electron chi connectivity index (χ0n) is 22.8. The third kappa shape index (κ3) is 7.08. The molecule has 1 heterocycles. The molecule has 2 aromatic carbocycles. The fourth-order valence-electron chi connectivity index (χ4n) is 4.14. The lowest BCUT2D eigenvalue weighted by Crippen LogP contribution is -2.57. The first kappa shape index (κ1) is 31.3. The zero-order chi connectivity index (χ0) is 30.0. The molecule has 218 valence electrons. The summed E-state index contributed by atoms with van der Waals surface area (Å²) in [5, 5.41) is 2.50. The van der Waals surface area contributed by atoms with Crippen LogP contribution in [0.2, 0.25) is 0 Å². The van der Waals surface area contributed by atoms with Gasteiger partial charge in [-0.15, -0.1) is 0 Å².